The second-order valence-electron chi connectivity index (χ2n) is 6.77. The van der Waals surface area contributed by atoms with E-state index in [1.807, 2.05) is 26.2 Å². The highest BCUT2D eigenvalue weighted by atomic mass is 35.5. The molecule has 1 aromatic carbocycles. The smallest absolute Gasteiger partial charge is 0.215 e. The first-order valence-corrected chi connectivity index (χ1v) is 10.5. The van der Waals surface area contributed by atoms with E-state index >= 15 is 0 Å². The SMILES string of the molecule is COCCOc1cc2ncnc(Sc3nnnn3CCN(C)C)c2cc1OCCOC.Cl. The Labute approximate surface area is 197 Å². The number of nitrogens with zero attached hydrogens (tertiary/aromatic N) is 7. The lowest BCUT2D eigenvalue weighted by molar-refractivity contribution is 0.132. The average molecular weight is 486 g/mol. The Bertz CT molecular complexity index is 976. The number of ether oxygens (including phenoxy) is 4. The zero-order chi connectivity index (χ0) is 22.1. The van der Waals surface area contributed by atoms with Crippen LogP contribution in [0.1, 0.15) is 0 Å². The van der Waals surface area contributed by atoms with E-state index in [0.29, 0.717) is 49.6 Å². The van der Waals surface area contributed by atoms with Crippen molar-refractivity contribution < 1.29 is 18.9 Å². The molecule has 0 amide bonds. The number of rotatable bonds is 13. The summed E-state index contributed by atoms with van der Waals surface area (Å²) in [4.78, 5) is 10.9. The summed E-state index contributed by atoms with van der Waals surface area (Å²) in [5.41, 5.74) is 0.733. The normalized spacial score (nSPS) is 11.0. The van der Waals surface area contributed by atoms with Crippen molar-refractivity contribution in [2.45, 2.75) is 16.7 Å². The molecular weight excluding hydrogens is 458 g/mol. The third-order valence-corrected chi connectivity index (χ3v) is 5.19. The predicted molar refractivity (Wildman–Crippen MR) is 122 cm³/mol. The van der Waals surface area contributed by atoms with Crippen LogP contribution in [-0.4, -0.2) is 96.4 Å². The van der Waals surface area contributed by atoms with E-state index in [1.165, 1.54) is 18.1 Å². The minimum atomic E-state index is 0. The molecule has 13 heteroatoms. The lowest BCUT2D eigenvalue weighted by Gasteiger charge is -2.14. The Morgan fingerprint density at radius 3 is 2.31 bits per heavy atom. The summed E-state index contributed by atoms with van der Waals surface area (Å²) in [6.07, 6.45) is 1.52. The molecule has 11 nitrogen and oxygen atoms in total. The summed E-state index contributed by atoms with van der Waals surface area (Å²) < 4.78 is 23.7. The maximum Gasteiger partial charge on any atom is 0.215 e. The molecule has 0 spiro atoms. The maximum absolute atomic E-state index is 5.89. The molecule has 0 bridgehead atoms. The van der Waals surface area contributed by atoms with Crippen molar-refractivity contribution in [2.75, 3.05) is 61.3 Å². The molecule has 2 aromatic heterocycles. The van der Waals surface area contributed by atoms with E-state index in [0.717, 1.165) is 22.5 Å². The quantitative estimate of drug-likeness (QED) is 0.261. The topological polar surface area (TPSA) is 110 Å². The predicted octanol–water partition coefficient (Wildman–Crippen LogP) is 1.80. The second kappa shape index (κ2) is 13.3. The first-order valence-electron chi connectivity index (χ1n) is 9.73. The average Bonchev–Trinajstić information content (AvgIpc) is 3.20. The molecule has 0 aliphatic carbocycles. The van der Waals surface area contributed by atoms with Crippen LogP contribution >= 0.6 is 24.2 Å². The fourth-order valence-corrected chi connectivity index (χ4v) is 3.47. The van der Waals surface area contributed by atoms with Crippen LogP contribution in [0.2, 0.25) is 0 Å². The van der Waals surface area contributed by atoms with Crippen LogP contribution in [0.3, 0.4) is 0 Å². The third-order valence-electron chi connectivity index (χ3n) is 4.20. The van der Waals surface area contributed by atoms with Crippen molar-refractivity contribution in [3.63, 3.8) is 0 Å². The molecule has 32 heavy (non-hydrogen) atoms. The fourth-order valence-electron chi connectivity index (χ4n) is 2.61. The van der Waals surface area contributed by atoms with Crippen LogP contribution < -0.4 is 9.47 Å². The highest BCUT2D eigenvalue weighted by Gasteiger charge is 2.16. The van der Waals surface area contributed by atoms with Gasteiger partial charge in [-0.05, 0) is 42.4 Å². The van der Waals surface area contributed by atoms with E-state index in [4.69, 9.17) is 18.9 Å². The number of hydrogen-bond acceptors (Lipinski definition) is 11. The molecule has 0 atom stereocenters. The highest BCUT2D eigenvalue weighted by molar-refractivity contribution is 7.99. The van der Waals surface area contributed by atoms with Gasteiger partial charge < -0.3 is 23.8 Å². The van der Waals surface area contributed by atoms with Gasteiger partial charge in [0.15, 0.2) is 11.5 Å². The monoisotopic (exact) mass is 485 g/mol. The van der Waals surface area contributed by atoms with Crippen LogP contribution in [0.5, 0.6) is 11.5 Å². The number of fused-ring (bicyclic) bond motifs is 1. The number of hydrogen-bond donors (Lipinski definition) is 0. The summed E-state index contributed by atoms with van der Waals surface area (Å²) in [5, 5.41) is 14.2. The zero-order valence-electron chi connectivity index (χ0n) is 18.6. The van der Waals surface area contributed by atoms with Gasteiger partial charge in [0.2, 0.25) is 5.16 Å². The molecule has 3 rings (SSSR count). The Morgan fingerprint density at radius 2 is 1.66 bits per heavy atom. The van der Waals surface area contributed by atoms with Crippen molar-refractivity contribution in [1.82, 2.24) is 35.1 Å². The Kier molecular flexibility index (Phi) is 10.8. The lowest BCUT2D eigenvalue weighted by Crippen LogP contribution is -2.19. The second-order valence-corrected chi connectivity index (χ2v) is 7.72. The maximum atomic E-state index is 5.89. The van der Waals surface area contributed by atoms with Gasteiger partial charge in [0.25, 0.3) is 0 Å². The Hall–Kier alpha value is -2.25. The number of aromatic nitrogens is 6. The van der Waals surface area contributed by atoms with Gasteiger partial charge in [0.1, 0.15) is 24.6 Å². The Morgan fingerprint density at radius 1 is 0.969 bits per heavy atom. The summed E-state index contributed by atoms with van der Waals surface area (Å²) in [6, 6.07) is 3.72. The van der Waals surface area contributed by atoms with Gasteiger partial charge in [-0.1, -0.05) is 0 Å². The number of benzene rings is 1. The first kappa shape index (κ1) is 26.0. The van der Waals surface area contributed by atoms with E-state index in [2.05, 4.69) is 30.4 Å². The minimum Gasteiger partial charge on any atom is -0.487 e. The molecule has 0 saturated carbocycles. The number of likely N-dealkylation sites (N-methyl/N-ethyl adjacent to an activating group) is 1. The largest absolute Gasteiger partial charge is 0.487 e. The van der Waals surface area contributed by atoms with E-state index in [-0.39, 0.29) is 12.4 Å². The Balaban J connectivity index is 0.00000363. The minimum absolute atomic E-state index is 0. The molecule has 0 saturated heterocycles. The molecule has 0 aliphatic rings. The molecule has 176 valence electrons. The fraction of sp³-hybridized carbons (Fsp3) is 0.526. The van der Waals surface area contributed by atoms with E-state index < -0.39 is 0 Å². The van der Waals surface area contributed by atoms with Crippen molar-refractivity contribution in [3.05, 3.63) is 18.5 Å². The zero-order valence-corrected chi connectivity index (χ0v) is 20.2. The third kappa shape index (κ3) is 7.14. The molecular formula is C19H28ClN7O4S. The van der Waals surface area contributed by atoms with Crippen LogP contribution in [0.15, 0.2) is 28.6 Å². The highest BCUT2D eigenvalue weighted by Crippen LogP contribution is 2.36. The summed E-state index contributed by atoms with van der Waals surface area (Å²) in [7, 11) is 7.27. The molecule has 0 aliphatic heterocycles. The molecule has 0 fully saturated rings. The molecule has 3 aromatic rings. The van der Waals surface area contributed by atoms with Gasteiger partial charge in [-0.2, -0.15) is 0 Å². The summed E-state index contributed by atoms with van der Waals surface area (Å²) in [6.45, 7) is 3.22. The van der Waals surface area contributed by atoms with E-state index in [1.54, 1.807) is 18.9 Å². The lowest BCUT2D eigenvalue weighted by atomic mass is 10.2. The summed E-state index contributed by atoms with van der Waals surface area (Å²) >= 11 is 1.38. The summed E-state index contributed by atoms with van der Waals surface area (Å²) in [5.74, 6) is 1.18. The van der Waals surface area contributed by atoms with E-state index in [9.17, 15) is 0 Å². The van der Waals surface area contributed by atoms with Crippen molar-refractivity contribution in [2.24, 2.45) is 0 Å². The number of halogens is 1. The standard InChI is InChI=1S/C19H27N7O4S.ClH/c1-25(2)5-6-26-19(22-23-24-26)31-18-14-11-16(29-9-7-27-3)17(30-10-8-28-4)12-15(14)20-13-21-18;/h11-13H,5-10H2,1-4H3;1H. The van der Waals surface area contributed by atoms with Gasteiger partial charge in [-0.25, -0.2) is 14.6 Å². The van der Waals surface area contributed by atoms with Gasteiger partial charge in [0, 0.05) is 32.2 Å². The first-order chi connectivity index (χ1) is 15.1. The van der Waals surface area contributed by atoms with Gasteiger partial charge in [0.05, 0.1) is 25.3 Å². The van der Waals surface area contributed by atoms with Crippen LogP contribution in [0.25, 0.3) is 10.9 Å². The number of methoxy groups -OCH3 is 2. The molecule has 0 radical (unpaired) electrons. The van der Waals surface area contributed by atoms with Crippen molar-refractivity contribution in [3.8, 4) is 11.5 Å². The van der Waals surface area contributed by atoms with Crippen LogP contribution in [-0.2, 0) is 16.0 Å². The van der Waals surface area contributed by atoms with Crippen molar-refractivity contribution >= 4 is 35.1 Å². The molecule has 2 heterocycles. The van der Waals surface area contributed by atoms with Gasteiger partial charge in [-0.15, -0.1) is 17.5 Å². The van der Waals surface area contributed by atoms with Gasteiger partial charge >= 0.3 is 0 Å². The van der Waals surface area contributed by atoms with Gasteiger partial charge in [-0.3, -0.25) is 0 Å². The van der Waals surface area contributed by atoms with Crippen molar-refractivity contribution in [1.29, 1.82) is 0 Å². The molecule has 0 unspecified atom stereocenters. The molecule has 0 N–H and O–H groups in total. The number of tetrazole rings is 1. The van der Waals surface area contributed by atoms with Crippen LogP contribution in [0, 0.1) is 0 Å². The van der Waals surface area contributed by atoms with Crippen LogP contribution in [0.4, 0.5) is 0 Å².